The summed E-state index contributed by atoms with van der Waals surface area (Å²) in [6.07, 6.45) is 5.02. The predicted molar refractivity (Wildman–Crippen MR) is 89.7 cm³/mol. The van der Waals surface area contributed by atoms with Gasteiger partial charge in [-0.1, -0.05) is 13.8 Å². The molecular formula is C16H30ClN3O2. The SMILES string of the molecule is CCC(C)C(=O)N1CCCC(C(=O)NCC(N)C2CC2)C1.Cl. The molecule has 1 saturated heterocycles. The molecule has 0 aromatic rings. The molecule has 22 heavy (non-hydrogen) atoms. The lowest BCUT2D eigenvalue weighted by molar-refractivity contribution is -0.138. The Kier molecular flexibility index (Phi) is 7.63. The van der Waals surface area contributed by atoms with E-state index >= 15 is 0 Å². The van der Waals surface area contributed by atoms with Gasteiger partial charge in [-0.2, -0.15) is 0 Å². The second-order valence-electron chi connectivity index (χ2n) is 6.68. The van der Waals surface area contributed by atoms with Gasteiger partial charge in [-0.25, -0.2) is 0 Å². The number of halogens is 1. The maximum atomic E-state index is 12.2. The molecule has 6 heteroatoms. The summed E-state index contributed by atoms with van der Waals surface area (Å²) in [4.78, 5) is 26.3. The fourth-order valence-corrected chi connectivity index (χ4v) is 2.93. The molecule has 0 aromatic carbocycles. The number of amides is 2. The van der Waals surface area contributed by atoms with Crippen molar-refractivity contribution >= 4 is 24.2 Å². The molecule has 3 atom stereocenters. The van der Waals surface area contributed by atoms with Crippen molar-refractivity contribution in [3.05, 3.63) is 0 Å². The van der Waals surface area contributed by atoms with Gasteiger partial charge in [0.25, 0.3) is 0 Å². The molecule has 2 amide bonds. The number of nitrogens with zero attached hydrogens (tertiary/aromatic N) is 1. The Labute approximate surface area is 139 Å². The van der Waals surface area contributed by atoms with Crippen LogP contribution in [0.4, 0.5) is 0 Å². The molecule has 0 bridgehead atoms. The van der Waals surface area contributed by atoms with Gasteiger partial charge in [-0.05, 0) is 38.0 Å². The monoisotopic (exact) mass is 331 g/mol. The summed E-state index contributed by atoms with van der Waals surface area (Å²) in [6.45, 7) is 5.90. The van der Waals surface area contributed by atoms with Crippen LogP contribution in [0.15, 0.2) is 0 Å². The molecule has 2 aliphatic rings. The van der Waals surface area contributed by atoms with Gasteiger partial charge in [-0.3, -0.25) is 9.59 Å². The van der Waals surface area contributed by atoms with Crippen molar-refractivity contribution < 1.29 is 9.59 Å². The zero-order chi connectivity index (χ0) is 15.4. The minimum absolute atomic E-state index is 0. The summed E-state index contributed by atoms with van der Waals surface area (Å²) in [5, 5.41) is 2.97. The Morgan fingerprint density at radius 1 is 1.32 bits per heavy atom. The highest BCUT2D eigenvalue weighted by Gasteiger charge is 2.32. The molecule has 1 aliphatic carbocycles. The summed E-state index contributed by atoms with van der Waals surface area (Å²) in [7, 11) is 0. The average Bonchev–Trinajstić information content (AvgIpc) is 3.35. The fourth-order valence-electron chi connectivity index (χ4n) is 2.93. The molecule has 2 fully saturated rings. The Balaban J connectivity index is 0.00000242. The molecule has 0 spiro atoms. The Morgan fingerprint density at radius 3 is 2.59 bits per heavy atom. The van der Waals surface area contributed by atoms with Crippen LogP contribution in [0.3, 0.4) is 0 Å². The molecule has 3 N–H and O–H groups in total. The highest BCUT2D eigenvalue weighted by atomic mass is 35.5. The van der Waals surface area contributed by atoms with E-state index in [9.17, 15) is 9.59 Å². The van der Waals surface area contributed by atoms with Crippen LogP contribution in [-0.4, -0.2) is 42.4 Å². The zero-order valence-electron chi connectivity index (χ0n) is 13.7. The van der Waals surface area contributed by atoms with E-state index in [4.69, 9.17) is 5.73 Å². The largest absolute Gasteiger partial charge is 0.354 e. The van der Waals surface area contributed by atoms with Gasteiger partial charge < -0.3 is 16.0 Å². The van der Waals surface area contributed by atoms with Crippen molar-refractivity contribution in [1.29, 1.82) is 0 Å². The van der Waals surface area contributed by atoms with Gasteiger partial charge in [0.2, 0.25) is 11.8 Å². The van der Waals surface area contributed by atoms with Crippen LogP contribution in [-0.2, 0) is 9.59 Å². The number of carbonyl (C=O) groups is 2. The molecule has 1 heterocycles. The van der Waals surface area contributed by atoms with Crippen molar-refractivity contribution in [2.45, 2.75) is 52.0 Å². The van der Waals surface area contributed by atoms with Gasteiger partial charge in [0.1, 0.15) is 0 Å². The zero-order valence-corrected chi connectivity index (χ0v) is 14.5. The van der Waals surface area contributed by atoms with Gasteiger partial charge >= 0.3 is 0 Å². The number of rotatable bonds is 6. The third kappa shape index (κ3) is 5.13. The lowest BCUT2D eigenvalue weighted by Gasteiger charge is -2.33. The van der Waals surface area contributed by atoms with Gasteiger partial charge in [0, 0.05) is 31.6 Å². The first kappa shape index (κ1) is 19.2. The lowest BCUT2D eigenvalue weighted by atomic mass is 9.95. The summed E-state index contributed by atoms with van der Waals surface area (Å²) >= 11 is 0. The van der Waals surface area contributed by atoms with E-state index < -0.39 is 0 Å². The Bertz CT molecular complexity index is 388. The summed E-state index contributed by atoms with van der Waals surface area (Å²) in [6, 6.07) is 0.0930. The Morgan fingerprint density at radius 2 is 2.00 bits per heavy atom. The van der Waals surface area contributed by atoms with Crippen LogP contribution in [0.5, 0.6) is 0 Å². The lowest BCUT2D eigenvalue weighted by Crippen LogP contribution is -2.48. The summed E-state index contributed by atoms with van der Waals surface area (Å²) in [5.41, 5.74) is 6.01. The smallest absolute Gasteiger partial charge is 0.225 e. The fraction of sp³-hybridized carbons (Fsp3) is 0.875. The topological polar surface area (TPSA) is 75.4 Å². The van der Waals surface area contributed by atoms with E-state index in [-0.39, 0.29) is 42.1 Å². The van der Waals surface area contributed by atoms with Crippen LogP contribution >= 0.6 is 12.4 Å². The highest BCUT2D eigenvalue weighted by molar-refractivity contribution is 5.85. The quantitative estimate of drug-likeness (QED) is 0.775. The number of nitrogens with one attached hydrogen (secondary N) is 1. The average molecular weight is 332 g/mol. The predicted octanol–water partition coefficient (Wildman–Crippen LogP) is 1.55. The standard InChI is InChI=1S/C16H29N3O2.ClH/c1-3-11(2)16(21)19-8-4-5-13(10-19)15(20)18-9-14(17)12-6-7-12;/h11-14H,3-10,17H2,1-2H3,(H,18,20);1H. The van der Waals surface area contributed by atoms with Crippen LogP contribution in [0.25, 0.3) is 0 Å². The molecule has 1 aliphatic heterocycles. The minimum atomic E-state index is -0.0711. The maximum Gasteiger partial charge on any atom is 0.225 e. The van der Waals surface area contributed by atoms with Crippen molar-refractivity contribution in [2.75, 3.05) is 19.6 Å². The highest BCUT2D eigenvalue weighted by Crippen LogP contribution is 2.31. The number of carbonyl (C=O) groups excluding carboxylic acids is 2. The number of hydrogen-bond acceptors (Lipinski definition) is 3. The number of hydrogen-bond donors (Lipinski definition) is 2. The third-order valence-corrected chi connectivity index (χ3v) is 4.88. The van der Waals surface area contributed by atoms with Gasteiger partial charge in [0.05, 0.1) is 5.92 Å². The normalized spacial score (nSPS) is 24.1. The minimum Gasteiger partial charge on any atom is -0.354 e. The van der Waals surface area contributed by atoms with E-state index in [2.05, 4.69) is 5.32 Å². The summed E-state index contributed by atoms with van der Waals surface area (Å²) < 4.78 is 0. The molecular weight excluding hydrogens is 302 g/mol. The molecule has 1 saturated carbocycles. The molecule has 5 nitrogen and oxygen atoms in total. The summed E-state index contributed by atoms with van der Waals surface area (Å²) in [5.74, 6) is 0.825. The molecule has 0 radical (unpaired) electrons. The van der Waals surface area contributed by atoms with Crippen LogP contribution in [0, 0.1) is 17.8 Å². The number of piperidine rings is 1. The van der Waals surface area contributed by atoms with E-state index in [1.807, 2.05) is 18.7 Å². The van der Waals surface area contributed by atoms with E-state index in [1.54, 1.807) is 0 Å². The van der Waals surface area contributed by atoms with Gasteiger partial charge in [0.15, 0.2) is 0 Å². The molecule has 128 valence electrons. The first-order chi connectivity index (χ1) is 10.0. The van der Waals surface area contributed by atoms with Crippen LogP contribution < -0.4 is 11.1 Å². The van der Waals surface area contributed by atoms with Crippen molar-refractivity contribution in [3.63, 3.8) is 0 Å². The molecule has 2 rings (SSSR count). The van der Waals surface area contributed by atoms with E-state index in [0.29, 0.717) is 19.0 Å². The second-order valence-corrected chi connectivity index (χ2v) is 6.68. The van der Waals surface area contributed by atoms with E-state index in [0.717, 1.165) is 25.8 Å². The van der Waals surface area contributed by atoms with Crippen LogP contribution in [0.2, 0.25) is 0 Å². The Hall–Kier alpha value is -0.810. The van der Waals surface area contributed by atoms with E-state index in [1.165, 1.54) is 12.8 Å². The number of nitrogens with two attached hydrogens (primary N) is 1. The molecule has 0 aromatic heterocycles. The van der Waals surface area contributed by atoms with Crippen LogP contribution in [0.1, 0.15) is 46.0 Å². The van der Waals surface area contributed by atoms with Crippen molar-refractivity contribution in [2.24, 2.45) is 23.5 Å². The first-order valence-electron chi connectivity index (χ1n) is 8.35. The van der Waals surface area contributed by atoms with Crippen molar-refractivity contribution in [3.8, 4) is 0 Å². The first-order valence-corrected chi connectivity index (χ1v) is 8.35. The third-order valence-electron chi connectivity index (χ3n) is 4.88. The maximum absolute atomic E-state index is 12.2. The number of likely N-dealkylation sites (tertiary alicyclic amines) is 1. The molecule has 3 unspecified atom stereocenters. The second kappa shape index (κ2) is 8.73. The van der Waals surface area contributed by atoms with Crippen molar-refractivity contribution in [1.82, 2.24) is 10.2 Å². The van der Waals surface area contributed by atoms with Gasteiger partial charge in [-0.15, -0.1) is 12.4 Å².